The molecule has 0 aliphatic carbocycles. The van der Waals surface area contributed by atoms with Crippen LogP contribution in [-0.4, -0.2) is 18.2 Å². The summed E-state index contributed by atoms with van der Waals surface area (Å²) in [6.45, 7) is 6.26. The lowest BCUT2D eigenvalue weighted by atomic mass is 9.90. The van der Waals surface area contributed by atoms with Crippen molar-refractivity contribution in [3.05, 3.63) is 28.8 Å². The van der Waals surface area contributed by atoms with Gasteiger partial charge >= 0.3 is 5.97 Å². The van der Waals surface area contributed by atoms with Crippen LogP contribution in [0, 0.1) is 13.8 Å². The van der Waals surface area contributed by atoms with E-state index in [1.165, 1.54) is 16.7 Å². The topological polar surface area (TPSA) is 46.5 Å². The predicted molar refractivity (Wildman–Crippen MR) is 72.4 cm³/mol. The molecule has 0 spiro atoms. The minimum atomic E-state index is -0.727. The van der Waals surface area contributed by atoms with Gasteiger partial charge in [0.05, 0.1) is 7.11 Å². The standard InChI is InChI=1S/C15H22O3/c1-10-8-12(3)15(13(9-10)18-4)11(2)6-5-7-14(16)17/h8-9,11H,5-7H2,1-4H3,(H,16,17). The highest BCUT2D eigenvalue weighted by Gasteiger charge is 2.15. The van der Waals surface area contributed by atoms with Crippen LogP contribution in [0.5, 0.6) is 5.75 Å². The van der Waals surface area contributed by atoms with Gasteiger partial charge < -0.3 is 9.84 Å². The number of carboxylic acid groups (broad SMARTS) is 1. The van der Waals surface area contributed by atoms with E-state index in [0.29, 0.717) is 12.3 Å². The van der Waals surface area contributed by atoms with Crippen LogP contribution in [0.4, 0.5) is 0 Å². The van der Waals surface area contributed by atoms with E-state index in [1.807, 2.05) is 13.0 Å². The Hall–Kier alpha value is -1.51. The van der Waals surface area contributed by atoms with E-state index in [4.69, 9.17) is 9.84 Å². The van der Waals surface area contributed by atoms with Crippen LogP contribution in [0.15, 0.2) is 12.1 Å². The number of carboxylic acids is 1. The van der Waals surface area contributed by atoms with Crippen molar-refractivity contribution in [2.75, 3.05) is 7.11 Å². The Balaban J connectivity index is 2.84. The Kier molecular flexibility index (Phi) is 5.20. The maximum atomic E-state index is 10.5. The van der Waals surface area contributed by atoms with Gasteiger partial charge in [0.2, 0.25) is 0 Å². The molecule has 0 bridgehead atoms. The SMILES string of the molecule is COc1cc(C)cc(C)c1C(C)CCCC(=O)O. The van der Waals surface area contributed by atoms with Crippen LogP contribution in [0.25, 0.3) is 0 Å². The van der Waals surface area contributed by atoms with E-state index in [-0.39, 0.29) is 6.42 Å². The summed E-state index contributed by atoms with van der Waals surface area (Å²) in [7, 11) is 1.68. The van der Waals surface area contributed by atoms with Gasteiger partial charge in [0, 0.05) is 6.42 Å². The Morgan fingerprint density at radius 1 is 1.39 bits per heavy atom. The second-order valence-corrected chi connectivity index (χ2v) is 4.88. The number of carbonyl (C=O) groups is 1. The van der Waals surface area contributed by atoms with Gasteiger partial charge in [-0.05, 0) is 55.4 Å². The first-order valence-electron chi connectivity index (χ1n) is 6.32. The molecule has 1 aromatic carbocycles. The van der Waals surface area contributed by atoms with Crippen LogP contribution in [0.3, 0.4) is 0 Å². The third-order valence-corrected chi connectivity index (χ3v) is 3.23. The Bertz CT molecular complexity index is 424. The minimum absolute atomic E-state index is 0.234. The molecule has 3 nitrogen and oxygen atoms in total. The number of benzene rings is 1. The number of rotatable bonds is 6. The summed E-state index contributed by atoms with van der Waals surface area (Å²) < 4.78 is 5.44. The lowest BCUT2D eigenvalue weighted by Crippen LogP contribution is -2.03. The molecule has 0 saturated carbocycles. The summed E-state index contributed by atoms with van der Waals surface area (Å²) in [6.07, 6.45) is 1.80. The molecule has 0 fully saturated rings. The van der Waals surface area contributed by atoms with E-state index >= 15 is 0 Å². The maximum Gasteiger partial charge on any atom is 0.303 e. The molecule has 1 unspecified atom stereocenters. The first-order chi connectivity index (χ1) is 8.45. The molecule has 1 aromatic rings. The molecule has 0 heterocycles. The number of hydrogen-bond acceptors (Lipinski definition) is 2. The highest BCUT2D eigenvalue weighted by molar-refractivity contribution is 5.66. The van der Waals surface area contributed by atoms with E-state index in [0.717, 1.165) is 12.2 Å². The number of methoxy groups -OCH3 is 1. The van der Waals surface area contributed by atoms with Gasteiger partial charge in [0.1, 0.15) is 5.75 Å². The van der Waals surface area contributed by atoms with Gasteiger partial charge in [-0.2, -0.15) is 0 Å². The number of ether oxygens (including phenoxy) is 1. The van der Waals surface area contributed by atoms with Gasteiger partial charge in [-0.15, -0.1) is 0 Å². The third kappa shape index (κ3) is 3.76. The van der Waals surface area contributed by atoms with E-state index < -0.39 is 5.97 Å². The first kappa shape index (κ1) is 14.6. The van der Waals surface area contributed by atoms with Gasteiger partial charge in [0.25, 0.3) is 0 Å². The summed E-state index contributed by atoms with van der Waals surface area (Å²) in [5, 5.41) is 8.66. The molecule has 0 radical (unpaired) electrons. The van der Waals surface area contributed by atoms with Crippen molar-refractivity contribution in [2.45, 2.75) is 46.0 Å². The molecule has 0 aromatic heterocycles. The quantitative estimate of drug-likeness (QED) is 0.838. The summed E-state index contributed by atoms with van der Waals surface area (Å²) in [5.74, 6) is 0.505. The number of aliphatic carboxylic acids is 1. The Morgan fingerprint density at radius 3 is 2.61 bits per heavy atom. The van der Waals surface area contributed by atoms with E-state index in [9.17, 15) is 4.79 Å². The lowest BCUT2D eigenvalue weighted by molar-refractivity contribution is -0.137. The average Bonchev–Trinajstić information content (AvgIpc) is 2.26. The Labute approximate surface area is 109 Å². The highest BCUT2D eigenvalue weighted by Crippen LogP contribution is 2.33. The molecule has 18 heavy (non-hydrogen) atoms. The second-order valence-electron chi connectivity index (χ2n) is 4.88. The van der Waals surface area contributed by atoms with Gasteiger partial charge in [-0.3, -0.25) is 4.79 Å². The zero-order valence-electron chi connectivity index (χ0n) is 11.6. The fourth-order valence-electron chi connectivity index (χ4n) is 2.44. The molecule has 1 atom stereocenters. The fourth-order valence-corrected chi connectivity index (χ4v) is 2.44. The summed E-state index contributed by atoms with van der Waals surface area (Å²) in [4.78, 5) is 10.5. The van der Waals surface area contributed by atoms with Crippen molar-refractivity contribution in [3.63, 3.8) is 0 Å². The molecule has 3 heteroatoms. The van der Waals surface area contributed by atoms with Crippen LogP contribution in [0.2, 0.25) is 0 Å². The maximum absolute atomic E-state index is 10.5. The summed E-state index contributed by atoms with van der Waals surface area (Å²) in [5.41, 5.74) is 3.61. The summed E-state index contributed by atoms with van der Waals surface area (Å²) in [6, 6.07) is 4.18. The Morgan fingerprint density at radius 2 is 2.06 bits per heavy atom. The summed E-state index contributed by atoms with van der Waals surface area (Å²) >= 11 is 0. The molecule has 100 valence electrons. The van der Waals surface area contributed by atoms with Crippen LogP contribution in [-0.2, 0) is 4.79 Å². The van der Waals surface area contributed by atoms with Crippen LogP contribution < -0.4 is 4.74 Å². The zero-order valence-corrected chi connectivity index (χ0v) is 11.6. The normalized spacial score (nSPS) is 12.2. The van der Waals surface area contributed by atoms with E-state index in [1.54, 1.807) is 7.11 Å². The predicted octanol–water partition coefficient (Wildman–Crippen LogP) is 3.67. The minimum Gasteiger partial charge on any atom is -0.496 e. The first-order valence-corrected chi connectivity index (χ1v) is 6.32. The second kappa shape index (κ2) is 6.43. The molecule has 0 amide bonds. The van der Waals surface area contributed by atoms with Crippen LogP contribution in [0.1, 0.15) is 48.8 Å². The molecule has 0 saturated heterocycles. The van der Waals surface area contributed by atoms with Crippen molar-refractivity contribution in [3.8, 4) is 5.75 Å². The van der Waals surface area contributed by atoms with E-state index in [2.05, 4.69) is 19.9 Å². The fraction of sp³-hybridized carbons (Fsp3) is 0.533. The lowest BCUT2D eigenvalue weighted by Gasteiger charge is -2.19. The van der Waals surface area contributed by atoms with Crippen LogP contribution >= 0.6 is 0 Å². The molecule has 1 N–H and O–H groups in total. The average molecular weight is 250 g/mol. The van der Waals surface area contributed by atoms with Crippen molar-refractivity contribution < 1.29 is 14.6 Å². The van der Waals surface area contributed by atoms with Crippen molar-refractivity contribution in [1.29, 1.82) is 0 Å². The third-order valence-electron chi connectivity index (χ3n) is 3.23. The van der Waals surface area contributed by atoms with Gasteiger partial charge in [-0.1, -0.05) is 13.0 Å². The molecular weight excluding hydrogens is 228 g/mol. The molecular formula is C15H22O3. The van der Waals surface area contributed by atoms with Gasteiger partial charge in [-0.25, -0.2) is 0 Å². The smallest absolute Gasteiger partial charge is 0.303 e. The molecule has 0 aliphatic heterocycles. The monoisotopic (exact) mass is 250 g/mol. The van der Waals surface area contributed by atoms with Crippen molar-refractivity contribution in [1.82, 2.24) is 0 Å². The zero-order chi connectivity index (χ0) is 13.7. The van der Waals surface area contributed by atoms with Crippen molar-refractivity contribution >= 4 is 5.97 Å². The number of aryl methyl sites for hydroxylation is 2. The van der Waals surface area contributed by atoms with Crippen molar-refractivity contribution in [2.24, 2.45) is 0 Å². The van der Waals surface area contributed by atoms with Gasteiger partial charge in [0.15, 0.2) is 0 Å². The molecule has 0 aliphatic rings. The number of hydrogen-bond donors (Lipinski definition) is 1. The largest absolute Gasteiger partial charge is 0.496 e. The molecule has 1 rings (SSSR count). The highest BCUT2D eigenvalue weighted by atomic mass is 16.5.